The summed E-state index contributed by atoms with van der Waals surface area (Å²) in [5.41, 5.74) is 0.624. The minimum absolute atomic E-state index is 0.199. The average Bonchev–Trinajstić information content (AvgIpc) is 2.68. The number of rotatable bonds is 4. The van der Waals surface area contributed by atoms with E-state index in [1.54, 1.807) is 12.1 Å². The molecule has 1 aliphatic rings. The van der Waals surface area contributed by atoms with E-state index in [9.17, 15) is 4.39 Å². The maximum Gasteiger partial charge on any atom is 0.129 e. The fourth-order valence-corrected chi connectivity index (χ4v) is 2.96. The van der Waals surface area contributed by atoms with Crippen LogP contribution in [0.15, 0.2) is 18.2 Å². The summed E-state index contributed by atoms with van der Waals surface area (Å²) in [5, 5.41) is 4.14. The van der Waals surface area contributed by atoms with Crippen LogP contribution in [0.3, 0.4) is 0 Å². The summed E-state index contributed by atoms with van der Waals surface area (Å²) < 4.78 is 13.9. The van der Waals surface area contributed by atoms with Crippen molar-refractivity contribution in [2.24, 2.45) is 5.92 Å². The lowest BCUT2D eigenvalue weighted by Gasteiger charge is -2.28. The van der Waals surface area contributed by atoms with Crippen molar-refractivity contribution in [3.63, 3.8) is 0 Å². The Labute approximate surface area is 126 Å². The second-order valence-corrected chi connectivity index (χ2v) is 6.14. The van der Waals surface area contributed by atoms with Gasteiger partial charge in [0.15, 0.2) is 0 Å². The first kappa shape index (κ1) is 15.7. The molecule has 1 N–H and O–H groups in total. The van der Waals surface area contributed by atoms with E-state index in [0.717, 1.165) is 32.5 Å². The molecule has 0 aliphatic carbocycles. The number of hydrogen-bond acceptors (Lipinski definition) is 2. The van der Waals surface area contributed by atoms with E-state index in [4.69, 9.17) is 11.6 Å². The van der Waals surface area contributed by atoms with Crippen molar-refractivity contribution in [2.75, 3.05) is 19.6 Å². The predicted octanol–water partition coefficient (Wildman–Crippen LogP) is 3.69. The Kier molecular flexibility index (Phi) is 5.82. The zero-order chi connectivity index (χ0) is 14.5. The van der Waals surface area contributed by atoms with Crippen LogP contribution in [0.4, 0.5) is 4.39 Å². The Morgan fingerprint density at radius 3 is 3.00 bits per heavy atom. The van der Waals surface area contributed by atoms with Gasteiger partial charge in [-0.3, -0.25) is 4.90 Å². The number of nitrogens with zero attached hydrogens (tertiary/aromatic N) is 1. The quantitative estimate of drug-likeness (QED) is 0.912. The molecule has 112 valence electrons. The SMILES string of the molecule is CCC(C)C1CN(Cc2c(F)cccc2Cl)CCCN1. The van der Waals surface area contributed by atoms with Crippen molar-refractivity contribution in [3.8, 4) is 0 Å². The highest BCUT2D eigenvalue weighted by Crippen LogP contribution is 2.22. The van der Waals surface area contributed by atoms with Crippen LogP contribution in [0, 0.1) is 11.7 Å². The first-order chi connectivity index (χ1) is 9.61. The van der Waals surface area contributed by atoms with Gasteiger partial charge in [-0.2, -0.15) is 0 Å². The summed E-state index contributed by atoms with van der Waals surface area (Å²) in [7, 11) is 0. The van der Waals surface area contributed by atoms with E-state index in [-0.39, 0.29) is 5.82 Å². The van der Waals surface area contributed by atoms with Gasteiger partial charge in [-0.15, -0.1) is 0 Å². The van der Waals surface area contributed by atoms with Crippen molar-refractivity contribution in [2.45, 2.75) is 39.3 Å². The molecule has 20 heavy (non-hydrogen) atoms. The molecule has 1 heterocycles. The van der Waals surface area contributed by atoms with Crippen LogP contribution < -0.4 is 5.32 Å². The molecule has 0 bridgehead atoms. The molecule has 1 aliphatic heterocycles. The summed E-state index contributed by atoms with van der Waals surface area (Å²) in [6.45, 7) is 8.08. The Hall–Kier alpha value is -0.640. The van der Waals surface area contributed by atoms with Crippen LogP contribution in [0.2, 0.25) is 5.02 Å². The van der Waals surface area contributed by atoms with Crippen molar-refractivity contribution in [3.05, 3.63) is 34.6 Å². The molecule has 1 saturated heterocycles. The normalized spacial score (nSPS) is 22.5. The van der Waals surface area contributed by atoms with E-state index in [0.29, 0.717) is 29.1 Å². The molecule has 0 radical (unpaired) electrons. The van der Waals surface area contributed by atoms with Crippen molar-refractivity contribution in [1.82, 2.24) is 10.2 Å². The van der Waals surface area contributed by atoms with Gasteiger partial charge in [-0.1, -0.05) is 37.9 Å². The highest BCUT2D eigenvalue weighted by molar-refractivity contribution is 6.31. The van der Waals surface area contributed by atoms with Gasteiger partial charge in [0.2, 0.25) is 0 Å². The Balaban J connectivity index is 2.07. The van der Waals surface area contributed by atoms with E-state index >= 15 is 0 Å². The first-order valence-corrected chi connectivity index (χ1v) is 7.88. The topological polar surface area (TPSA) is 15.3 Å². The second-order valence-electron chi connectivity index (χ2n) is 5.74. The fourth-order valence-electron chi connectivity index (χ4n) is 2.74. The summed E-state index contributed by atoms with van der Waals surface area (Å²) in [4.78, 5) is 2.32. The minimum atomic E-state index is -0.199. The molecular weight excluding hydrogens is 275 g/mol. The molecule has 2 atom stereocenters. The smallest absolute Gasteiger partial charge is 0.129 e. The van der Waals surface area contributed by atoms with Gasteiger partial charge >= 0.3 is 0 Å². The van der Waals surface area contributed by atoms with Crippen LogP contribution in [-0.2, 0) is 6.54 Å². The Morgan fingerprint density at radius 1 is 1.50 bits per heavy atom. The van der Waals surface area contributed by atoms with Gasteiger partial charge < -0.3 is 5.32 Å². The number of benzene rings is 1. The molecule has 2 nitrogen and oxygen atoms in total. The van der Waals surface area contributed by atoms with E-state index in [1.807, 2.05) is 0 Å². The summed E-state index contributed by atoms with van der Waals surface area (Å²) in [6.07, 6.45) is 2.25. The highest BCUT2D eigenvalue weighted by Gasteiger charge is 2.22. The number of nitrogens with one attached hydrogen (secondary N) is 1. The predicted molar refractivity (Wildman–Crippen MR) is 82.5 cm³/mol. The third kappa shape index (κ3) is 3.94. The molecule has 4 heteroatoms. The van der Waals surface area contributed by atoms with Gasteiger partial charge in [-0.25, -0.2) is 4.39 Å². The number of halogens is 2. The molecule has 0 amide bonds. The van der Waals surface area contributed by atoms with Gasteiger partial charge in [0.1, 0.15) is 5.82 Å². The lowest BCUT2D eigenvalue weighted by molar-refractivity contribution is 0.229. The second kappa shape index (κ2) is 7.39. The maximum absolute atomic E-state index is 13.9. The fraction of sp³-hybridized carbons (Fsp3) is 0.625. The lowest BCUT2D eigenvalue weighted by atomic mass is 9.99. The summed E-state index contributed by atoms with van der Waals surface area (Å²) >= 11 is 6.13. The van der Waals surface area contributed by atoms with Crippen LogP contribution in [0.1, 0.15) is 32.3 Å². The van der Waals surface area contributed by atoms with Gasteiger partial charge in [0.25, 0.3) is 0 Å². The van der Waals surface area contributed by atoms with Crippen LogP contribution in [0.5, 0.6) is 0 Å². The molecule has 1 aromatic rings. The summed E-state index contributed by atoms with van der Waals surface area (Å²) in [6, 6.07) is 5.40. The summed E-state index contributed by atoms with van der Waals surface area (Å²) in [5.74, 6) is 0.432. The molecule has 0 aromatic heterocycles. The third-order valence-corrected chi connectivity index (χ3v) is 4.64. The Morgan fingerprint density at radius 2 is 2.30 bits per heavy atom. The number of hydrogen-bond donors (Lipinski definition) is 1. The highest BCUT2D eigenvalue weighted by atomic mass is 35.5. The largest absolute Gasteiger partial charge is 0.312 e. The van der Waals surface area contributed by atoms with Crippen molar-refractivity contribution < 1.29 is 4.39 Å². The van der Waals surface area contributed by atoms with Gasteiger partial charge in [0.05, 0.1) is 0 Å². The van der Waals surface area contributed by atoms with Crippen LogP contribution in [0.25, 0.3) is 0 Å². The maximum atomic E-state index is 13.9. The molecule has 2 unspecified atom stereocenters. The van der Waals surface area contributed by atoms with Gasteiger partial charge in [0, 0.05) is 29.7 Å². The monoisotopic (exact) mass is 298 g/mol. The molecule has 0 spiro atoms. The van der Waals surface area contributed by atoms with E-state index in [1.165, 1.54) is 6.07 Å². The van der Waals surface area contributed by atoms with Crippen molar-refractivity contribution >= 4 is 11.6 Å². The average molecular weight is 299 g/mol. The molecule has 0 saturated carbocycles. The van der Waals surface area contributed by atoms with Gasteiger partial charge in [-0.05, 0) is 37.6 Å². The van der Waals surface area contributed by atoms with E-state index in [2.05, 4.69) is 24.1 Å². The molecule has 1 fully saturated rings. The standard InChI is InChI=1S/C16H24ClFN2/c1-3-12(2)16-11-20(9-5-8-19-16)10-13-14(17)6-4-7-15(13)18/h4,6-7,12,16,19H,3,5,8-11H2,1-2H3. The first-order valence-electron chi connectivity index (χ1n) is 7.50. The van der Waals surface area contributed by atoms with Crippen molar-refractivity contribution in [1.29, 1.82) is 0 Å². The lowest BCUT2D eigenvalue weighted by Crippen LogP contribution is -2.41. The Bertz CT molecular complexity index is 418. The molecule has 2 rings (SSSR count). The molecule has 1 aromatic carbocycles. The zero-order valence-corrected chi connectivity index (χ0v) is 13.1. The van der Waals surface area contributed by atoms with E-state index < -0.39 is 0 Å². The zero-order valence-electron chi connectivity index (χ0n) is 12.3. The minimum Gasteiger partial charge on any atom is -0.312 e. The van der Waals surface area contributed by atoms with Crippen LogP contribution >= 0.6 is 11.6 Å². The van der Waals surface area contributed by atoms with Crippen LogP contribution in [-0.4, -0.2) is 30.6 Å². The molecular formula is C16H24ClFN2. The third-order valence-electron chi connectivity index (χ3n) is 4.29.